The summed E-state index contributed by atoms with van der Waals surface area (Å²) in [4.78, 5) is 3.95. The van der Waals surface area contributed by atoms with Crippen molar-refractivity contribution in [3.05, 3.63) is 18.3 Å². The number of aromatic nitrogens is 1. The normalized spacial score (nSPS) is 21.2. The SMILES string of the molecule is Nc1ncccc1OCC1CCCCO1. The van der Waals surface area contributed by atoms with Gasteiger partial charge in [0, 0.05) is 12.8 Å². The first kappa shape index (κ1) is 10.2. The molecular formula is C11H16N2O2. The van der Waals surface area contributed by atoms with Crippen LogP contribution in [0.15, 0.2) is 18.3 Å². The molecule has 2 rings (SSSR count). The fourth-order valence-corrected chi connectivity index (χ4v) is 1.65. The number of nitrogens with two attached hydrogens (primary N) is 1. The fourth-order valence-electron chi connectivity index (χ4n) is 1.65. The van der Waals surface area contributed by atoms with Crippen molar-refractivity contribution in [2.24, 2.45) is 0 Å². The Kier molecular flexibility index (Phi) is 3.40. The summed E-state index contributed by atoms with van der Waals surface area (Å²) in [7, 11) is 0. The number of anilines is 1. The van der Waals surface area contributed by atoms with Gasteiger partial charge in [0.2, 0.25) is 0 Å². The molecule has 1 aliphatic heterocycles. The van der Waals surface area contributed by atoms with Gasteiger partial charge in [0.05, 0.1) is 6.10 Å². The van der Waals surface area contributed by atoms with Gasteiger partial charge in [0.15, 0.2) is 11.6 Å². The highest BCUT2D eigenvalue weighted by atomic mass is 16.5. The van der Waals surface area contributed by atoms with Crippen LogP contribution in [0.5, 0.6) is 5.75 Å². The van der Waals surface area contributed by atoms with Crippen LogP contribution in [0.4, 0.5) is 5.82 Å². The molecule has 0 radical (unpaired) electrons. The molecule has 15 heavy (non-hydrogen) atoms. The standard InChI is InChI=1S/C11H16N2O2/c12-11-10(5-3-6-13-11)15-8-9-4-1-2-7-14-9/h3,5-6,9H,1-2,4,7-8H2,(H2,12,13). The van der Waals surface area contributed by atoms with E-state index in [0.717, 1.165) is 19.4 Å². The van der Waals surface area contributed by atoms with Crippen LogP contribution < -0.4 is 10.5 Å². The first-order valence-corrected chi connectivity index (χ1v) is 5.31. The molecule has 82 valence electrons. The third-order valence-electron chi connectivity index (χ3n) is 2.50. The zero-order valence-electron chi connectivity index (χ0n) is 8.69. The molecule has 1 unspecified atom stereocenters. The van der Waals surface area contributed by atoms with Crippen LogP contribution in [0.3, 0.4) is 0 Å². The van der Waals surface area contributed by atoms with Gasteiger partial charge in [0.25, 0.3) is 0 Å². The molecule has 0 saturated carbocycles. The van der Waals surface area contributed by atoms with E-state index in [4.69, 9.17) is 15.2 Å². The number of hydrogen-bond acceptors (Lipinski definition) is 4. The van der Waals surface area contributed by atoms with Gasteiger partial charge in [-0.05, 0) is 31.4 Å². The van der Waals surface area contributed by atoms with Gasteiger partial charge in [-0.25, -0.2) is 4.98 Å². The topological polar surface area (TPSA) is 57.4 Å². The second kappa shape index (κ2) is 4.98. The van der Waals surface area contributed by atoms with Crippen molar-refractivity contribution >= 4 is 5.82 Å². The Labute approximate surface area is 89.4 Å². The van der Waals surface area contributed by atoms with Crippen LogP contribution in [-0.4, -0.2) is 24.3 Å². The van der Waals surface area contributed by atoms with E-state index in [-0.39, 0.29) is 6.10 Å². The Balaban J connectivity index is 1.84. The molecule has 2 N–H and O–H groups in total. The van der Waals surface area contributed by atoms with Crippen molar-refractivity contribution in [1.82, 2.24) is 4.98 Å². The van der Waals surface area contributed by atoms with E-state index < -0.39 is 0 Å². The number of hydrogen-bond donors (Lipinski definition) is 1. The molecule has 1 aliphatic rings. The zero-order valence-corrected chi connectivity index (χ0v) is 8.69. The Bertz CT molecular complexity index is 311. The van der Waals surface area contributed by atoms with Crippen molar-refractivity contribution in [2.75, 3.05) is 18.9 Å². The van der Waals surface area contributed by atoms with E-state index >= 15 is 0 Å². The molecule has 0 bridgehead atoms. The van der Waals surface area contributed by atoms with Gasteiger partial charge in [-0.2, -0.15) is 0 Å². The summed E-state index contributed by atoms with van der Waals surface area (Å²) < 4.78 is 11.1. The zero-order chi connectivity index (χ0) is 10.5. The molecule has 4 nitrogen and oxygen atoms in total. The van der Waals surface area contributed by atoms with Crippen molar-refractivity contribution in [2.45, 2.75) is 25.4 Å². The minimum atomic E-state index is 0.207. The second-order valence-corrected chi connectivity index (χ2v) is 3.69. The quantitative estimate of drug-likeness (QED) is 0.819. The highest BCUT2D eigenvalue weighted by Gasteiger charge is 2.14. The predicted molar refractivity (Wildman–Crippen MR) is 57.7 cm³/mol. The Morgan fingerprint density at radius 2 is 2.47 bits per heavy atom. The smallest absolute Gasteiger partial charge is 0.166 e. The number of rotatable bonds is 3. The highest BCUT2D eigenvalue weighted by Crippen LogP contribution is 2.19. The van der Waals surface area contributed by atoms with E-state index in [1.165, 1.54) is 6.42 Å². The number of pyridine rings is 1. The molecule has 0 amide bonds. The molecule has 1 atom stereocenters. The summed E-state index contributed by atoms with van der Waals surface area (Å²) in [6.45, 7) is 1.41. The summed E-state index contributed by atoms with van der Waals surface area (Å²) in [6.07, 6.45) is 5.31. The highest BCUT2D eigenvalue weighted by molar-refractivity contribution is 5.44. The van der Waals surface area contributed by atoms with E-state index in [9.17, 15) is 0 Å². The lowest BCUT2D eigenvalue weighted by Crippen LogP contribution is -2.26. The molecular weight excluding hydrogens is 192 g/mol. The lowest BCUT2D eigenvalue weighted by atomic mass is 10.1. The lowest BCUT2D eigenvalue weighted by Gasteiger charge is -2.22. The first-order chi connectivity index (χ1) is 7.36. The molecule has 0 spiro atoms. The van der Waals surface area contributed by atoms with E-state index in [1.54, 1.807) is 6.20 Å². The molecule has 0 aromatic carbocycles. The number of nitrogens with zero attached hydrogens (tertiary/aromatic N) is 1. The minimum Gasteiger partial charge on any atom is -0.487 e. The van der Waals surface area contributed by atoms with E-state index in [0.29, 0.717) is 18.2 Å². The van der Waals surface area contributed by atoms with Crippen LogP contribution in [0, 0.1) is 0 Å². The maximum atomic E-state index is 5.66. The van der Waals surface area contributed by atoms with Crippen LogP contribution in [-0.2, 0) is 4.74 Å². The summed E-state index contributed by atoms with van der Waals surface area (Å²) in [5.41, 5.74) is 5.66. The van der Waals surface area contributed by atoms with Crippen molar-refractivity contribution in [3.63, 3.8) is 0 Å². The average Bonchev–Trinajstić information content (AvgIpc) is 2.29. The first-order valence-electron chi connectivity index (χ1n) is 5.31. The van der Waals surface area contributed by atoms with Crippen LogP contribution in [0.2, 0.25) is 0 Å². The van der Waals surface area contributed by atoms with Gasteiger partial charge in [-0.1, -0.05) is 0 Å². The second-order valence-electron chi connectivity index (χ2n) is 3.69. The third-order valence-corrected chi connectivity index (χ3v) is 2.50. The predicted octanol–water partition coefficient (Wildman–Crippen LogP) is 1.61. The maximum Gasteiger partial charge on any atom is 0.166 e. The monoisotopic (exact) mass is 208 g/mol. The molecule has 1 fully saturated rings. The summed E-state index contributed by atoms with van der Waals surface area (Å²) in [6, 6.07) is 3.64. The Morgan fingerprint density at radius 1 is 1.53 bits per heavy atom. The fraction of sp³-hybridized carbons (Fsp3) is 0.545. The lowest BCUT2D eigenvalue weighted by molar-refractivity contribution is -0.0109. The summed E-state index contributed by atoms with van der Waals surface area (Å²) >= 11 is 0. The van der Waals surface area contributed by atoms with Crippen LogP contribution in [0.1, 0.15) is 19.3 Å². The third kappa shape index (κ3) is 2.83. The van der Waals surface area contributed by atoms with Crippen molar-refractivity contribution in [1.29, 1.82) is 0 Å². The Hall–Kier alpha value is -1.29. The average molecular weight is 208 g/mol. The number of nitrogen functional groups attached to an aromatic ring is 1. The molecule has 1 aromatic rings. The summed E-state index contributed by atoms with van der Waals surface area (Å²) in [5.74, 6) is 1.08. The van der Waals surface area contributed by atoms with E-state index in [1.807, 2.05) is 12.1 Å². The number of ether oxygens (including phenoxy) is 2. The molecule has 2 heterocycles. The summed E-state index contributed by atoms with van der Waals surface area (Å²) in [5, 5.41) is 0. The van der Waals surface area contributed by atoms with Crippen molar-refractivity contribution in [3.8, 4) is 5.75 Å². The largest absolute Gasteiger partial charge is 0.487 e. The molecule has 1 saturated heterocycles. The van der Waals surface area contributed by atoms with Gasteiger partial charge in [-0.15, -0.1) is 0 Å². The van der Waals surface area contributed by atoms with Crippen LogP contribution in [0.25, 0.3) is 0 Å². The molecule has 4 heteroatoms. The minimum absolute atomic E-state index is 0.207. The maximum absolute atomic E-state index is 5.66. The molecule has 0 aliphatic carbocycles. The molecule has 1 aromatic heterocycles. The van der Waals surface area contributed by atoms with Crippen molar-refractivity contribution < 1.29 is 9.47 Å². The van der Waals surface area contributed by atoms with Gasteiger partial charge < -0.3 is 15.2 Å². The van der Waals surface area contributed by atoms with Gasteiger partial charge in [-0.3, -0.25) is 0 Å². The van der Waals surface area contributed by atoms with Crippen LogP contribution >= 0.6 is 0 Å². The van der Waals surface area contributed by atoms with Gasteiger partial charge >= 0.3 is 0 Å². The van der Waals surface area contributed by atoms with E-state index in [2.05, 4.69) is 4.98 Å². The Morgan fingerprint density at radius 3 is 3.20 bits per heavy atom. The van der Waals surface area contributed by atoms with Gasteiger partial charge in [0.1, 0.15) is 6.61 Å².